The number of benzene rings is 1. The van der Waals surface area contributed by atoms with Gasteiger partial charge >= 0.3 is 0 Å². The lowest BCUT2D eigenvalue weighted by Gasteiger charge is -2.35. The summed E-state index contributed by atoms with van der Waals surface area (Å²) in [5, 5.41) is 9.15. The number of anilines is 1. The average molecular weight is 357 g/mol. The van der Waals surface area contributed by atoms with Gasteiger partial charge in [0.05, 0.1) is 16.7 Å². The molecule has 1 aliphatic heterocycles. The number of carbonyl (C=O) groups is 1. The molecule has 0 bridgehead atoms. The molecule has 0 unspecified atom stereocenters. The summed E-state index contributed by atoms with van der Waals surface area (Å²) in [4.78, 5) is 20.6. The number of piperazine rings is 1. The van der Waals surface area contributed by atoms with Crippen LogP contribution in [0.2, 0.25) is 5.02 Å². The lowest BCUT2D eigenvalue weighted by molar-refractivity contribution is -0.133. The lowest BCUT2D eigenvalue weighted by Crippen LogP contribution is -2.50. The molecule has 1 fully saturated rings. The Morgan fingerprint density at radius 3 is 2.68 bits per heavy atom. The molecule has 6 nitrogen and oxygen atoms in total. The van der Waals surface area contributed by atoms with Gasteiger partial charge in [-0.05, 0) is 30.3 Å². The molecule has 0 radical (unpaired) electrons. The van der Waals surface area contributed by atoms with E-state index in [0.29, 0.717) is 29.4 Å². The normalized spacial score (nSPS) is 14.1. The van der Waals surface area contributed by atoms with Crippen LogP contribution in [0.15, 0.2) is 42.6 Å². The van der Waals surface area contributed by atoms with E-state index in [4.69, 9.17) is 21.6 Å². The number of amides is 1. The molecule has 0 atom stereocenters. The minimum Gasteiger partial charge on any atom is -0.482 e. The first-order valence-electron chi connectivity index (χ1n) is 7.93. The zero-order valence-electron chi connectivity index (χ0n) is 13.6. The van der Waals surface area contributed by atoms with Crippen molar-refractivity contribution < 1.29 is 9.53 Å². The van der Waals surface area contributed by atoms with E-state index in [1.165, 1.54) is 6.07 Å². The Kier molecular flexibility index (Phi) is 5.36. The Balaban J connectivity index is 1.51. The summed E-state index contributed by atoms with van der Waals surface area (Å²) in [7, 11) is 0. The second kappa shape index (κ2) is 7.86. The summed E-state index contributed by atoms with van der Waals surface area (Å²) < 4.78 is 5.50. The maximum atomic E-state index is 12.3. The number of hydrogen-bond donors (Lipinski definition) is 0. The zero-order valence-corrected chi connectivity index (χ0v) is 14.3. The number of rotatable bonds is 4. The van der Waals surface area contributed by atoms with Crippen LogP contribution in [-0.4, -0.2) is 48.6 Å². The summed E-state index contributed by atoms with van der Waals surface area (Å²) >= 11 is 6.05. The van der Waals surface area contributed by atoms with Crippen LogP contribution in [-0.2, 0) is 4.79 Å². The number of hydrogen-bond acceptors (Lipinski definition) is 5. The number of carbonyl (C=O) groups excluding carboxylic acids is 1. The summed E-state index contributed by atoms with van der Waals surface area (Å²) in [6, 6.07) is 12.5. The molecule has 3 rings (SSSR count). The molecule has 1 aromatic heterocycles. The summed E-state index contributed by atoms with van der Waals surface area (Å²) in [5.41, 5.74) is 0.453. The van der Waals surface area contributed by atoms with Gasteiger partial charge in [-0.15, -0.1) is 0 Å². The van der Waals surface area contributed by atoms with Crippen LogP contribution in [0, 0.1) is 11.3 Å². The second-order valence-electron chi connectivity index (χ2n) is 5.60. The van der Waals surface area contributed by atoms with Gasteiger partial charge in [-0.25, -0.2) is 4.98 Å². The Hall–Kier alpha value is -2.78. The first-order valence-corrected chi connectivity index (χ1v) is 8.31. The van der Waals surface area contributed by atoms with E-state index >= 15 is 0 Å². The van der Waals surface area contributed by atoms with E-state index < -0.39 is 0 Å². The van der Waals surface area contributed by atoms with Crippen molar-refractivity contribution in [3.05, 3.63) is 53.2 Å². The summed E-state index contributed by atoms with van der Waals surface area (Å²) in [6.07, 6.45) is 1.77. The molecule has 0 saturated carbocycles. The fraction of sp³-hybridized carbons (Fsp3) is 0.278. The van der Waals surface area contributed by atoms with E-state index in [2.05, 4.69) is 9.88 Å². The predicted molar refractivity (Wildman–Crippen MR) is 94.7 cm³/mol. The molecule has 0 aliphatic carbocycles. The molecular weight excluding hydrogens is 340 g/mol. The van der Waals surface area contributed by atoms with Gasteiger partial charge in [-0.3, -0.25) is 4.79 Å². The molecule has 0 spiro atoms. The van der Waals surface area contributed by atoms with E-state index in [9.17, 15) is 4.79 Å². The van der Waals surface area contributed by atoms with E-state index in [0.717, 1.165) is 18.9 Å². The number of aromatic nitrogens is 1. The van der Waals surface area contributed by atoms with Gasteiger partial charge in [-0.2, -0.15) is 5.26 Å². The Morgan fingerprint density at radius 1 is 1.24 bits per heavy atom. The van der Waals surface area contributed by atoms with Crippen molar-refractivity contribution in [3.63, 3.8) is 0 Å². The topological polar surface area (TPSA) is 69.5 Å². The average Bonchev–Trinajstić information content (AvgIpc) is 2.67. The number of nitriles is 1. The van der Waals surface area contributed by atoms with Gasteiger partial charge in [-0.1, -0.05) is 17.7 Å². The van der Waals surface area contributed by atoms with Crippen LogP contribution in [0.3, 0.4) is 0 Å². The standard InChI is InChI=1S/C18H17ClN4O2/c19-15-11-14(12-20)4-5-16(15)25-13-18(24)23-9-7-22(8-10-23)17-3-1-2-6-21-17/h1-6,11H,7-10,13H2. The third-order valence-corrected chi connectivity index (χ3v) is 4.31. The van der Waals surface area contributed by atoms with Crippen LogP contribution in [0.5, 0.6) is 5.75 Å². The molecule has 1 saturated heterocycles. The van der Waals surface area contributed by atoms with Crippen molar-refractivity contribution in [1.82, 2.24) is 9.88 Å². The predicted octanol–water partition coefficient (Wildman–Crippen LogP) is 2.33. The quantitative estimate of drug-likeness (QED) is 0.841. The smallest absolute Gasteiger partial charge is 0.260 e. The van der Waals surface area contributed by atoms with Crippen LogP contribution in [0.1, 0.15) is 5.56 Å². The van der Waals surface area contributed by atoms with Crippen molar-refractivity contribution in [2.75, 3.05) is 37.7 Å². The van der Waals surface area contributed by atoms with Crippen LogP contribution in [0.4, 0.5) is 5.82 Å². The van der Waals surface area contributed by atoms with Gasteiger partial charge < -0.3 is 14.5 Å². The van der Waals surface area contributed by atoms with Crippen LogP contribution in [0.25, 0.3) is 0 Å². The van der Waals surface area contributed by atoms with Crippen molar-refractivity contribution in [1.29, 1.82) is 5.26 Å². The Bertz CT molecular complexity index is 783. The first-order chi connectivity index (χ1) is 12.2. The fourth-order valence-corrected chi connectivity index (χ4v) is 2.88. The largest absolute Gasteiger partial charge is 0.482 e. The van der Waals surface area contributed by atoms with Crippen molar-refractivity contribution in [3.8, 4) is 11.8 Å². The number of ether oxygens (including phenoxy) is 1. The highest BCUT2D eigenvalue weighted by Gasteiger charge is 2.22. The van der Waals surface area contributed by atoms with E-state index in [1.54, 1.807) is 23.2 Å². The highest BCUT2D eigenvalue weighted by Crippen LogP contribution is 2.25. The van der Waals surface area contributed by atoms with Crippen molar-refractivity contribution >= 4 is 23.3 Å². The monoisotopic (exact) mass is 356 g/mol. The minimum atomic E-state index is -0.0823. The Labute approximate surface area is 151 Å². The summed E-state index contributed by atoms with van der Waals surface area (Å²) in [5.74, 6) is 1.25. The molecule has 0 N–H and O–H groups in total. The lowest BCUT2D eigenvalue weighted by atomic mass is 10.2. The molecule has 2 heterocycles. The fourth-order valence-electron chi connectivity index (χ4n) is 2.64. The molecular formula is C18H17ClN4O2. The van der Waals surface area contributed by atoms with Gasteiger partial charge in [0.15, 0.2) is 6.61 Å². The molecule has 1 aliphatic rings. The number of halogens is 1. The third-order valence-electron chi connectivity index (χ3n) is 4.02. The van der Waals surface area contributed by atoms with Crippen molar-refractivity contribution in [2.45, 2.75) is 0 Å². The molecule has 7 heteroatoms. The van der Waals surface area contributed by atoms with Gasteiger partial charge in [0, 0.05) is 32.4 Å². The highest BCUT2D eigenvalue weighted by atomic mass is 35.5. The molecule has 2 aromatic rings. The van der Waals surface area contributed by atoms with Crippen molar-refractivity contribution in [2.24, 2.45) is 0 Å². The van der Waals surface area contributed by atoms with E-state index in [-0.39, 0.29) is 12.5 Å². The molecule has 1 aromatic carbocycles. The van der Waals surface area contributed by atoms with Crippen LogP contribution >= 0.6 is 11.6 Å². The van der Waals surface area contributed by atoms with Gasteiger partial charge in [0.2, 0.25) is 0 Å². The SMILES string of the molecule is N#Cc1ccc(OCC(=O)N2CCN(c3ccccn3)CC2)c(Cl)c1. The van der Waals surface area contributed by atoms with Gasteiger partial charge in [0.1, 0.15) is 11.6 Å². The molecule has 25 heavy (non-hydrogen) atoms. The maximum Gasteiger partial charge on any atom is 0.260 e. The van der Waals surface area contributed by atoms with Crippen LogP contribution < -0.4 is 9.64 Å². The third kappa shape index (κ3) is 4.20. The highest BCUT2D eigenvalue weighted by molar-refractivity contribution is 6.32. The van der Waals surface area contributed by atoms with Gasteiger partial charge in [0.25, 0.3) is 5.91 Å². The summed E-state index contributed by atoms with van der Waals surface area (Å²) in [6.45, 7) is 2.65. The number of pyridine rings is 1. The maximum absolute atomic E-state index is 12.3. The molecule has 1 amide bonds. The zero-order chi connectivity index (χ0) is 17.6. The minimum absolute atomic E-state index is 0.0742. The first kappa shape index (κ1) is 17.1. The second-order valence-corrected chi connectivity index (χ2v) is 6.01. The Morgan fingerprint density at radius 2 is 2.04 bits per heavy atom. The van der Waals surface area contributed by atoms with E-state index in [1.807, 2.05) is 24.3 Å². The molecule has 128 valence electrons. The number of nitrogens with zero attached hydrogens (tertiary/aromatic N) is 4.